The lowest BCUT2D eigenvalue weighted by Crippen LogP contribution is -2.37. The lowest BCUT2D eigenvalue weighted by Gasteiger charge is -2.32. The van der Waals surface area contributed by atoms with Crippen LogP contribution in [0.3, 0.4) is 0 Å². The van der Waals surface area contributed by atoms with E-state index >= 15 is 0 Å². The number of hydrogen-bond donors (Lipinski definition) is 2. The van der Waals surface area contributed by atoms with Gasteiger partial charge in [0.15, 0.2) is 0 Å². The summed E-state index contributed by atoms with van der Waals surface area (Å²) < 4.78 is 2.20. The Kier molecular flexibility index (Phi) is 3.84. The summed E-state index contributed by atoms with van der Waals surface area (Å²) in [4.78, 5) is 12.8. The molecule has 4 heteroatoms. The average Bonchev–Trinajstić information content (AvgIpc) is 3.70. The number of aliphatic imine (C=N–C) groups is 1. The largest absolute Gasteiger partial charge is 0.359 e. The second-order valence-electron chi connectivity index (χ2n) is 9.47. The minimum absolute atomic E-state index is 0.626. The summed E-state index contributed by atoms with van der Waals surface area (Å²) in [6.07, 6.45) is 6.35. The van der Waals surface area contributed by atoms with E-state index in [0.717, 1.165) is 33.8 Å². The summed E-state index contributed by atoms with van der Waals surface area (Å²) in [6.45, 7) is 0. The van der Waals surface area contributed by atoms with E-state index in [9.17, 15) is 0 Å². The average molecular weight is 463 g/mol. The van der Waals surface area contributed by atoms with Gasteiger partial charge in [-0.15, -0.1) is 0 Å². The molecule has 1 aliphatic rings. The van der Waals surface area contributed by atoms with Gasteiger partial charge in [0.25, 0.3) is 0 Å². The quantitative estimate of drug-likeness (QED) is 0.275. The first-order chi connectivity index (χ1) is 17.8. The van der Waals surface area contributed by atoms with Gasteiger partial charge in [0.2, 0.25) is 0 Å². The van der Waals surface area contributed by atoms with Gasteiger partial charge in [0.05, 0.1) is 17.1 Å². The lowest BCUT2D eigenvalue weighted by molar-refractivity contribution is 0.828. The highest BCUT2D eigenvalue weighted by Gasteiger charge is 2.50. The predicted octanol–water partition coefficient (Wildman–Crippen LogP) is 7.37. The molecule has 0 radical (unpaired) electrons. The van der Waals surface area contributed by atoms with Gasteiger partial charge in [-0.05, 0) is 47.2 Å². The monoisotopic (exact) mass is 462 g/mol. The predicted molar refractivity (Wildman–Crippen MR) is 147 cm³/mol. The van der Waals surface area contributed by atoms with Gasteiger partial charge >= 0.3 is 0 Å². The van der Waals surface area contributed by atoms with E-state index in [0.29, 0.717) is 0 Å². The molecule has 36 heavy (non-hydrogen) atoms. The van der Waals surface area contributed by atoms with Gasteiger partial charge < -0.3 is 14.4 Å². The number of nitrogens with zero attached hydrogens (tertiary/aromatic N) is 2. The minimum atomic E-state index is -0.626. The Balaban J connectivity index is 1.56. The van der Waals surface area contributed by atoms with Crippen LogP contribution < -0.4 is 0 Å². The number of para-hydroxylation sites is 2. The standard InChI is InChI=1S/C32H22N4/c1-3-11-23-22(10-1)20-33-30(23)31-32(24-12-4-6-14-27(24)35-31,25-16-18-36-17-8-7-15-28(25)36)29-19-21-9-2-5-13-26(21)34-29/h1-20,33-34H. The molecule has 4 aromatic heterocycles. The number of pyridine rings is 1. The summed E-state index contributed by atoms with van der Waals surface area (Å²) in [5.74, 6) is 0. The highest BCUT2D eigenvalue weighted by molar-refractivity contribution is 6.22. The van der Waals surface area contributed by atoms with E-state index < -0.39 is 5.41 Å². The van der Waals surface area contributed by atoms with Crippen molar-refractivity contribution in [1.29, 1.82) is 0 Å². The maximum Gasteiger partial charge on any atom is 0.109 e. The molecular weight excluding hydrogens is 440 g/mol. The van der Waals surface area contributed by atoms with Crippen LogP contribution in [0.25, 0.3) is 27.2 Å². The van der Waals surface area contributed by atoms with Crippen molar-refractivity contribution in [2.24, 2.45) is 4.99 Å². The molecule has 0 bridgehead atoms. The molecule has 1 atom stereocenters. The van der Waals surface area contributed by atoms with E-state index in [1.165, 1.54) is 27.3 Å². The van der Waals surface area contributed by atoms with Gasteiger partial charge in [-0.1, -0.05) is 66.7 Å². The number of aromatic amines is 2. The molecule has 170 valence electrons. The number of H-pyrrole nitrogens is 2. The molecule has 0 amide bonds. The van der Waals surface area contributed by atoms with Crippen molar-refractivity contribution < 1.29 is 0 Å². The molecule has 2 N–H and O–H groups in total. The fraction of sp³-hybridized carbons (Fsp3) is 0.0312. The van der Waals surface area contributed by atoms with Crippen LogP contribution in [-0.4, -0.2) is 20.1 Å². The fourth-order valence-corrected chi connectivity index (χ4v) is 6.08. The van der Waals surface area contributed by atoms with Crippen molar-refractivity contribution in [2.75, 3.05) is 0 Å². The normalized spacial score (nSPS) is 17.2. The zero-order chi connectivity index (χ0) is 23.7. The third-order valence-electron chi connectivity index (χ3n) is 7.64. The zero-order valence-corrected chi connectivity index (χ0v) is 19.4. The highest BCUT2D eigenvalue weighted by Crippen LogP contribution is 2.52. The Bertz CT molecular complexity index is 1930. The van der Waals surface area contributed by atoms with Crippen LogP contribution in [0, 0.1) is 0 Å². The van der Waals surface area contributed by atoms with E-state index in [1.807, 2.05) is 0 Å². The van der Waals surface area contributed by atoms with Crippen molar-refractivity contribution in [1.82, 2.24) is 14.4 Å². The molecule has 0 saturated heterocycles. The van der Waals surface area contributed by atoms with Crippen molar-refractivity contribution in [3.8, 4) is 0 Å². The van der Waals surface area contributed by atoms with Crippen LogP contribution in [0.2, 0.25) is 0 Å². The molecule has 1 aliphatic heterocycles. The minimum Gasteiger partial charge on any atom is -0.359 e. The van der Waals surface area contributed by atoms with Crippen molar-refractivity contribution in [3.63, 3.8) is 0 Å². The summed E-state index contributed by atoms with van der Waals surface area (Å²) in [6, 6.07) is 36.5. The molecule has 7 aromatic rings. The second-order valence-corrected chi connectivity index (χ2v) is 9.47. The Morgan fingerprint density at radius 2 is 1.50 bits per heavy atom. The van der Waals surface area contributed by atoms with Crippen molar-refractivity contribution in [2.45, 2.75) is 5.41 Å². The van der Waals surface area contributed by atoms with Crippen molar-refractivity contribution in [3.05, 3.63) is 144 Å². The molecule has 4 nitrogen and oxygen atoms in total. The maximum absolute atomic E-state index is 5.36. The Labute approximate surface area is 207 Å². The third kappa shape index (κ3) is 2.45. The van der Waals surface area contributed by atoms with Crippen LogP contribution in [0.1, 0.15) is 22.5 Å². The topological polar surface area (TPSA) is 48.3 Å². The number of aromatic nitrogens is 3. The van der Waals surface area contributed by atoms with Crippen LogP contribution in [-0.2, 0) is 5.41 Å². The molecule has 8 rings (SSSR count). The van der Waals surface area contributed by atoms with Gasteiger partial charge in [-0.2, -0.15) is 0 Å². The number of fused-ring (bicyclic) bond motifs is 4. The first kappa shape index (κ1) is 19.5. The number of benzene rings is 3. The van der Waals surface area contributed by atoms with Gasteiger partial charge in [0.1, 0.15) is 5.41 Å². The third-order valence-corrected chi connectivity index (χ3v) is 7.64. The maximum atomic E-state index is 5.36. The van der Waals surface area contributed by atoms with Gasteiger partial charge in [-0.3, -0.25) is 0 Å². The zero-order valence-electron chi connectivity index (χ0n) is 19.4. The van der Waals surface area contributed by atoms with Crippen LogP contribution in [0.4, 0.5) is 5.69 Å². The Morgan fingerprint density at radius 3 is 2.44 bits per heavy atom. The first-order valence-electron chi connectivity index (χ1n) is 12.2. The van der Waals surface area contributed by atoms with Crippen LogP contribution >= 0.6 is 0 Å². The van der Waals surface area contributed by atoms with Crippen LogP contribution in [0.15, 0.2) is 127 Å². The number of nitrogens with one attached hydrogen (secondary N) is 2. The molecule has 0 fully saturated rings. The van der Waals surface area contributed by atoms with E-state index in [1.54, 1.807) is 0 Å². The Morgan fingerprint density at radius 1 is 0.694 bits per heavy atom. The fourth-order valence-electron chi connectivity index (χ4n) is 6.08. The summed E-state index contributed by atoms with van der Waals surface area (Å²) >= 11 is 0. The number of rotatable bonds is 3. The van der Waals surface area contributed by atoms with Crippen LogP contribution in [0.5, 0.6) is 0 Å². The molecule has 3 aromatic carbocycles. The molecule has 0 spiro atoms. The molecule has 0 aliphatic carbocycles. The first-order valence-corrected chi connectivity index (χ1v) is 12.2. The molecule has 0 saturated carbocycles. The summed E-state index contributed by atoms with van der Waals surface area (Å²) in [5.41, 5.74) is 8.22. The smallest absolute Gasteiger partial charge is 0.109 e. The second kappa shape index (κ2) is 7.09. The molecular formula is C32H22N4. The summed E-state index contributed by atoms with van der Waals surface area (Å²) in [7, 11) is 0. The highest BCUT2D eigenvalue weighted by atomic mass is 14.9. The van der Waals surface area contributed by atoms with E-state index in [-0.39, 0.29) is 0 Å². The van der Waals surface area contributed by atoms with Gasteiger partial charge in [0, 0.05) is 51.8 Å². The van der Waals surface area contributed by atoms with Crippen molar-refractivity contribution >= 4 is 38.6 Å². The number of hydrogen-bond acceptors (Lipinski definition) is 1. The molecule has 5 heterocycles. The lowest BCUT2D eigenvalue weighted by atomic mass is 9.68. The molecule has 1 unspecified atom stereocenters. The van der Waals surface area contributed by atoms with E-state index in [4.69, 9.17) is 4.99 Å². The van der Waals surface area contributed by atoms with Gasteiger partial charge in [-0.25, -0.2) is 4.99 Å². The SMILES string of the molecule is c1ccc2c(c1)N=C(c1[nH]cc3ccccc13)C2(c1cc2ccccc2[nH]1)c1ccn2ccccc12. The summed E-state index contributed by atoms with van der Waals surface area (Å²) in [5, 5.41) is 3.54. The van der Waals surface area contributed by atoms with E-state index in [2.05, 4.69) is 136 Å². The Hall–Kier alpha value is -4.83.